The second kappa shape index (κ2) is 9.22. The lowest BCUT2D eigenvalue weighted by Gasteiger charge is -2.35. The minimum absolute atomic E-state index is 0.0339. The first-order valence-corrected chi connectivity index (χ1v) is 11.5. The standard InChI is InChI=1S/C28H26N4O4/c1-16-7-5-9-20(13-16)26-30-27(36-31-26)24-18(3)32(21-10-6-8-17(2)14-21)28(34)29-25(24)19-11-12-23(35-4)22(33)15-19/h5-15,25,33H,1-4H3,(H,29,34). The van der Waals surface area contributed by atoms with Gasteiger partial charge in [-0.15, -0.1) is 0 Å². The van der Waals surface area contributed by atoms with Crippen molar-refractivity contribution in [2.45, 2.75) is 26.8 Å². The summed E-state index contributed by atoms with van der Waals surface area (Å²) in [6.07, 6.45) is 0. The molecule has 8 heteroatoms. The normalized spacial score (nSPS) is 15.7. The molecule has 182 valence electrons. The van der Waals surface area contributed by atoms with Gasteiger partial charge in [-0.25, -0.2) is 4.79 Å². The molecule has 1 aromatic heterocycles. The van der Waals surface area contributed by atoms with E-state index in [2.05, 4.69) is 10.5 Å². The molecule has 1 aliphatic heterocycles. The van der Waals surface area contributed by atoms with E-state index in [0.717, 1.165) is 22.4 Å². The highest BCUT2D eigenvalue weighted by molar-refractivity contribution is 6.01. The maximum atomic E-state index is 13.4. The summed E-state index contributed by atoms with van der Waals surface area (Å²) >= 11 is 0. The van der Waals surface area contributed by atoms with Gasteiger partial charge in [0.15, 0.2) is 11.5 Å². The summed E-state index contributed by atoms with van der Waals surface area (Å²) in [5.74, 6) is 1.03. The first-order chi connectivity index (χ1) is 17.4. The largest absolute Gasteiger partial charge is 0.504 e. The van der Waals surface area contributed by atoms with Gasteiger partial charge in [-0.2, -0.15) is 4.98 Å². The van der Waals surface area contributed by atoms with Gasteiger partial charge in [0.05, 0.1) is 24.4 Å². The summed E-state index contributed by atoms with van der Waals surface area (Å²) < 4.78 is 10.9. The molecule has 1 atom stereocenters. The smallest absolute Gasteiger partial charge is 0.326 e. The molecule has 0 fully saturated rings. The van der Waals surface area contributed by atoms with Gasteiger partial charge in [0, 0.05) is 11.3 Å². The van der Waals surface area contributed by atoms with Crippen LogP contribution >= 0.6 is 0 Å². The number of aromatic hydroxyl groups is 1. The summed E-state index contributed by atoms with van der Waals surface area (Å²) in [6, 6.07) is 19.6. The van der Waals surface area contributed by atoms with Crippen molar-refractivity contribution in [2.24, 2.45) is 0 Å². The molecule has 1 unspecified atom stereocenters. The number of amides is 2. The average molecular weight is 483 g/mol. The second-order valence-corrected chi connectivity index (χ2v) is 8.78. The molecule has 0 bridgehead atoms. The van der Waals surface area contributed by atoms with Crippen LogP contribution in [0.25, 0.3) is 17.0 Å². The number of phenolic OH excluding ortho intramolecular Hbond substituents is 1. The van der Waals surface area contributed by atoms with E-state index in [1.165, 1.54) is 7.11 Å². The van der Waals surface area contributed by atoms with Gasteiger partial charge in [0.2, 0.25) is 5.82 Å². The number of anilines is 1. The molecule has 2 N–H and O–H groups in total. The number of urea groups is 1. The second-order valence-electron chi connectivity index (χ2n) is 8.78. The number of hydrogen-bond donors (Lipinski definition) is 2. The van der Waals surface area contributed by atoms with Gasteiger partial charge < -0.3 is 19.7 Å². The van der Waals surface area contributed by atoms with E-state index in [0.29, 0.717) is 28.4 Å². The predicted octanol–water partition coefficient (Wildman–Crippen LogP) is 5.77. The highest BCUT2D eigenvalue weighted by Gasteiger charge is 2.37. The number of methoxy groups -OCH3 is 1. The zero-order valence-electron chi connectivity index (χ0n) is 20.4. The number of rotatable bonds is 5. The average Bonchev–Trinajstić information content (AvgIpc) is 3.33. The molecule has 4 aromatic rings. The van der Waals surface area contributed by atoms with E-state index in [1.54, 1.807) is 23.1 Å². The quantitative estimate of drug-likeness (QED) is 0.375. The number of carbonyl (C=O) groups is 1. The first-order valence-electron chi connectivity index (χ1n) is 11.5. The van der Waals surface area contributed by atoms with Gasteiger partial charge >= 0.3 is 6.03 Å². The molecule has 36 heavy (non-hydrogen) atoms. The fraction of sp³-hybridized carbons (Fsp3) is 0.179. The number of phenols is 1. The fourth-order valence-electron chi connectivity index (χ4n) is 4.47. The van der Waals surface area contributed by atoms with Gasteiger partial charge in [0.25, 0.3) is 5.89 Å². The van der Waals surface area contributed by atoms with Crippen LogP contribution in [0.3, 0.4) is 0 Å². The van der Waals surface area contributed by atoms with Gasteiger partial charge in [-0.3, -0.25) is 4.90 Å². The SMILES string of the molecule is COc1ccc(C2NC(=O)N(c3cccc(C)c3)C(C)=C2c2nc(-c3cccc(C)c3)no2)cc1O. The summed E-state index contributed by atoms with van der Waals surface area (Å²) in [6.45, 7) is 5.82. The lowest BCUT2D eigenvalue weighted by molar-refractivity contribution is 0.244. The number of aryl methyl sites for hydroxylation is 2. The highest BCUT2D eigenvalue weighted by Crippen LogP contribution is 2.41. The Bertz CT molecular complexity index is 1490. The van der Waals surface area contributed by atoms with Gasteiger partial charge in [0.1, 0.15) is 0 Å². The third-order valence-corrected chi connectivity index (χ3v) is 6.21. The summed E-state index contributed by atoms with van der Waals surface area (Å²) in [5.41, 5.74) is 5.58. The van der Waals surface area contributed by atoms with Crippen molar-refractivity contribution >= 4 is 17.3 Å². The number of benzene rings is 3. The van der Waals surface area contributed by atoms with Crippen molar-refractivity contribution in [1.29, 1.82) is 0 Å². The van der Waals surface area contributed by atoms with Crippen LogP contribution in [-0.4, -0.2) is 28.4 Å². The van der Waals surface area contributed by atoms with Crippen molar-refractivity contribution in [3.8, 4) is 22.9 Å². The summed E-state index contributed by atoms with van der Waals surface area (Å²) in [4.78, 5) is 19.7. The Kier molecular flexibility index (Phi) is 5.93. The van der Waals surface area contributed by atoms with Crippen molar-refractivity contribution < 1.29 is 19.2 Å². The van der Waals surface area contributed by atoms with Crippen LogP contribution < -0.4 is 15.0 Å². The number of carbonyl (C=O) groups excluding carboxylic acids is 1. The topological polar surface area (TPSA) is 101 Å². The Labute approximate surface area is 208 Å². The van der Waals surface area contributed by atoms with E-state index >= 15 is 0 Å². The van der Waals surface area contributed by atoms with Crippen molar-refractivity contribution in [3.05, 3.63) is 95.0 Å². The van der Waals surface area contributed by atoms with E-state index in [-0.39, 0.29) is 17.7 Å². The van der Waals surface area contributed by atoms with Crippen LogP contribution in [0.4, 0.5) is 10.5 Å². The maximum absolute atomic E-state index is 13.4. The molecular formula is C28H26N4O4. The van der Waals surface area contributed by atoms with Crippen LogP contribution in [0.5, 0.6) is 11.5 Å². The van der Waals surface area contributed by atoms with Crippen LogP contribution in [-0.2, 0) is 0 Å². The minimum atomic E-state index is -0.638. The fourth-order valence-corrected chi connectivity index (χ4v) is 4.47. The van der Waals surface area contributed by atoms with E-state index in [9.17, 15) is 9.90 Å². The van der Waals surface area contributed by atoms with Crippen molar-refractivity contribution in [3.63, 3.8) is 0 Å². The number of nitrogens with zero attached hydrogens (tertiary/aromatic N) is 3. The summed E-state index contributed by atoms with van der Waals surface area (Å²) in [7, 11) is 1.48. The number of hydrogen-bond acceptors (Lipinski definition) is 6. The molecule has 0 saturated carbocycles. The first kappa shape index (κ1) is 23.2. The van der Waals surface area contributed by atoms with Gasteiger partial charge in [-0.1, -0.05) is 47.1 Å². The molecule has 0 spiro atoms. The van der Waals surface area contributed by atoms with Crippen LogP contribution in [0.15, 0.2) is 77.0 Å². The minimum Gasteiger partial charge on any atom is -0.504 e. The number of aromatic nitrogens is 2. The Balaban J connectivity index is 1.67. The summed E-state index contributed by atoms with van der Waals surface area (Å²) in [5, 5.41) is 17.7. The van der Waals surface area contributed by atoms with E-state index < -0.39 is 6.04 Å². The predicted molar refractivity (Wildman–Crippen MR) is 137 cm³/mol. The van der Waals surface area contributed by atoms with Crippen LogP contribution in [0.2, 0.25) is 0 Å². The highest BCUT2D eigenvalue weighted by atomic mass is 16.5. The van der Waals surface area contributed by atoms with Crippen LogP contribution in [0, 0.1) is 13.8 Å². The molecule has 1 aliphatic rings. The lowest BCUT2D eigenvalue weighted by Crippen LogP contribution is -2.46. The molecule has 5 rings (SSSR count). The molecule has 0 radical (unpaired) electrons. The number of ether oxygens (including phenoxy) is 1. The van der Waals surface area contributed by atoms with Gasteiger partial charge in [-0.05, 0) is 62.2 Å². The Hall–Kier alpha value is -4.59. The zero-order valence-corrected chi connectivity index (χ0v) is 20.4. The molecule has 8 nitrogen and oxygen atoms in total. The molecule has 3 aromatic carbocycles. The van der Waals surface area contributed by atoms with E-state index in [1.807, 2.05) is 69.3 Å². The Morgan fingerprint density at radius 2 is 1.75 bits per heavy atom. The Morgan fingerprint density at radius 3 is 2.44 bits per heavy atom. The molecule has 0 saturated heterocycles. The molecular weight excluding hydrogens is 456 g/mol. The molecule has 2 heterocycles. The third kappa shape index (κ3) is 4.17. The maximum Gasteiger partial charge on any atom is 0.326 e. The lowest BCUT2D eigenvalue weighted by atomic mass is 9.94. The number of allylic oxidation sites excluding steroid dienone is 1. The number of nitrogens with one attached hydrogen (secondary N) is 1. The van der Waals surface area contributed by atoms with Crippen LogP contribution in [0.1, 0.15) is 35.5 Å². The van der Waals surface area contributed by atoms with Crippen molar-refractivity contribution in [2.75, 3.05) is 12.0 Å². The Morgan fingerprint density at radius 1 is 1.00 bits per heavy atom. The zero-order chi connectivity index (χ0) is 25.4. The van der Waals surface area contributed by atoms with E-state index in [4.69, 9.17) is 14.2 Å². The van der Waals surface area contributed by atoms with Crippen molar-refractivity contribution in [1.82, 2.24) is 15.5 Å². The third-order valence-electron chi connectivity index (χ3n) is 6.21. The molecule has 2 amide bonds. The molecule has 0 aliphatic carbocycles. The monoisotopic (exact) mass is 482 g/mol.